The van der Waals surface area contributed by atoms with Crippen LogP contribution in [0.1, 0.15) is 11.1 Å². The molecule has 0 saturated carbocycles. The van der Waals surface area contributed by atoms with Crippen molar-refractivity contribution in [1.82, 2.24) is 10.2 Å². The highest BCUT2D eigenvalue weighted by molar-refractivity contribution is 6.01. The zero-order valence-corrected chi connectivity index (χ0v) is 15.5. The van der Waals surface area contributed by atoms with E-state index in [-0.39, 0.29) is 17.9 Å². The summed E-state index contributed by atoms with van der Waals surface area (Å²) in [5.74, 6) is -1.32. The summed E-state index contributed by atoms with van der Waals surface area (Å²) in [4.78, 5) is 6.18. The van der Waals surface area contributed by atoms with Crippen molar-refractivity contribution in [2.45, 2.75) is 12.7 Å². The lowest BCUT2D eigenvalue weighted by molar-refractivity contribution is -0.140. The van der Waals surface area contributed by atoms with Gasteiger partial charge in [-0.3, -0.25) is 4.99 Å². The summed E-state index contributed by atoms with van der Waals surface area (Å²) in [7, 11) is 0. The van der Waals surface area contributed by atoms with Crippen molar-refractivity contribution in [3.05, 3.63) is 70.6 Å². The lowest BCUT2D eigenvalue weighted by atomic mass is 10.1. The molecule has 2 heterocycles. The number of nitrogens with zero attached hydrogens (tertiary/aromatic N) is 2. The van der Waals surface area contributed by atoms with Gasteiger partial charge in [0.1, 0.15) is 11.7 Å². The van der Waals surface area contributed by atoms with Gasteiger partial charge in [-0.05, 0) is 12.1 Å². The number of allylic oxidation sites excluding steroid dienone is 1. The van der Waals surface area contributed by atoms with E-state index in [2.05, 4.69) is 15.2 Å². The molecule has 29 heavy (non-hydrogen) atoms. The van der Waals surface area contributed by atoms with Crippen LogP contribution in [0.15, 0.2) is 58.6 Å². The first-order chi connectivity index (χ1) is 13.8. The Morgan fingerprint density at radius 3 is 2.66 bits per heavy atom. The SMILES string of the molecule is N/C=C1/NC=C(N2CCOCC2)C=C1C(N)=NCc1cccc(C(F)(F)F)c1F. The van der Waals surface area contributed by atoms with Crippen molar-refractivity contribution in [1.29, 1.82) is 0 Å². The molecule has 1 aromatic rings. The van der Waals surface area contributed by atoms with E-state index in [1.807, 2.05) is 0 Å². The Bertz CT molecular complexity index is 883. The Kier molecular flexibility index (Phi) is 6.12. The lowest BCUT2D eigenvalue weighted by Crippen LogP contribution is -2.37. The van der Waals surface area contributed by atoms with Gasteiger partial charge in [0.25, 0.3) is 0 Å². The number of ether oxygens (including phenoxy) is 1. The smallest absolute Gasteiger partial charge is 0.403 e. The molecule has 1 aromatic carbocycles. The van der Waals surface area contributed by atoms with Gasteiger partial charge in [0, 0.05) is 36.6 Å². The molecule has 0 bridgehead atoms. The second-order valence-corrected chi connectivity index (χ2v) is 6.43. The van der Waals surface area contributed by atoms with Crippen LogP contribution in [-0.4, -0.2) is 37.0 Å². The Morgan fingerprint density at radius 2 is 2.00 bits per heavy atom. The fraction of sp³-hybridized carbons (Fsp3) is 0.316. The second kappa shape index (κ2) is 8.56. The molecule has 0 atom stereocenters. The monoisotopic (exact) mass is 411 g/mol. The highest BCUT2D eigenvalue weighted by Crippen LogP contribution is 2.32. The van der Waals surface area contributed by atoms with Crippen LogP contribution in [-0.2, 0) is 17.5 Å². The molecule has 2 aliphatic rings. The lowest BCUT2D eigenvalue weighted by Gasteiger charge is -2.32. The van der Waals surface area contributed by atoms with Crippen molar-refractivity contribution in [2.75, 3.05) is 26.3 Å². The highest BCUT2D eigenvalue weighted by Gasteiger charge is 2.34. The van der Waals surface area contributed by atoms with Crippen LogP contribution in [0, 0.1) is 5.82 Å². The summed E-state index contributed by atoms with van der Waals surface area (Å²) in [5, 5.41) is 3.03. The molecule has 0 aromatic heterocycles. The maximum atomic E-state index is 14.2. The van der Waals surface area contributed by atoms with E-state index in [0.29, 0.717) is 43.6 Å². The molecule has 156 valence electrons. The summed E-state index contributed by atoms with van der Waals surface area (Å²) in [6.07, 6.45) is 0.0826. The van der Waals surface area contributed by atoms with Gasteiger partial charge in [-0.25, -0.2) is 4.39 Å². The Hall–Kier alpha value is -3.01. The number of hydrogen-bond acceptors (Lipinski definition) is 5. The van der Waals surface area contributed by atoms with Gasteiger partial charge in [0.05, 0.1) is 36.7 Å². The quantitative estimate of drug-likeness (QED) is 0.402. The Morgan fingerprint density at radius 1 is 1.28 bits per heavy atom. The maximum Gasteiger partial charge on any atom is 0.419 e. The number of aliphatic imine (C=N–C) groups is 1. The number of benzene rings is 1. The van der Waals surface area contributed by atoms with E-state index >= 15 is 0 Å². The third-order valence-electron chi connectivity index (χ3n) is 4.58. The van der Waals surface area contributed by atoms with E-state index in [1.165, 1.54) is 12.3 Å². The molecule has 5 N–H and O–H groups in total. The van der Waals surface area contributed by atoms with E-state index in [9.17, 15) is 17.6 Å². The second-order valence-electron chi connectivity index (χ2n) is 6.43. The van der Waals surface area contributed by atoms with E-state index in [1.54, 1.807) is 12.3 Å². The van der Waals surface area contributed by atoms with Crippen molar-refractivity contribution >= 4 is 5.84 Å². The molecule has 0 unspecified atom stereocenters. The number of morpholine rings is 1. The molecule has 2 aliphatic heterocycles. The van der Waals surface area contributed by atoms with Crippen LogP contribution in [0.3, 0.4) is 0 Å². The van der Waals surface area contributed by atoms with Gasteiger partial charge in [-0.1, -0.05) is 12.1 Å². The minimum Gasteiger partial charge on any atom is -0.403 e. The zero-order valence-electron chi connectivity index (χ0n) is 15.5. The van der Waals surface area contributed by atoms with Gasteiger partial charge >= 0.3 is 6.18 Å². The van der Waals surface area contributed by atoms with Crippen LogP contribution in [0.2, 0.25) is 0 Å². The number of rotatable bonds is 4. The first kappa shape index (κ1) is 20.7. The highest BCUT2D eigenvalue weighted by atomic mass is 19.4. The Balaban J connectivity index is 1.84. The largest absolute Gasteiger partial charge is 0.419 e. The number of hydrogen-bond donors (Lipinski definition) is 3. The minimum atomic E-state index is -4.78. The third-order valence-corrected chi connectivity index (χ3v) is 4.58. The topological polar surface area (TPSA) is 88.9 Å². The normalized spacial score (nSPS) is 19.7. The van der Waals surface area contributed by atoms with Gasteiger partial charge in [-0.2, -0.15) is 13.2 Å². The molecule has 0 radical (unpaired) electrons. The van der Waals surface area contributed by atoms with Crippen LogP contribution < -0.4 is 16.8 Å². The van der Waals surface area contributed by atoms with Crippen molar-refractivity contribution in [3.63, 3.8) is 0 Å². The minimum absolute atomic E-state index is 0.0323. The molecule has 0 amide bonds. The predicted molar refractivity (Wildman–Crippen MR) is 101 cm³/mol. The van der Waals surface area contributed by atoms with Gasteiger partial charge < -0.3 is 26.4 Å². The molecular weight excluding hydrogens is 390 g/mol. The molecule has 10 heteroatoms. The average Bonchev–Trinajstić information content (AvgIpc) is 2.72. The summed E-state index contributed by atoms with van der Waals surface area (Å²) in [5.41, 5.74) is 12.0. The van der Waals surface area contributed by atoms with Crippen LogP contribution in [0.5, 0.6) is 0 Å². The number of dihydropyridines is 1. The van der Waals surface area contributed by atoms with Crippen molar-refractivity contribution < 1.29 is 22.3 Å². The fourth-order valence-corrected chi connectivity index (χ4v) is 3.03. The Labute approximate surface area is 165 Å². The summed E-state index contributed by atoms with van der Waals surface area (Å²) >= 11 is 0. The number of alkyl halides is 3. The standard InChI is InChI=1S/C19H21F4N5O/c20-17-12(2-1-3-15(17)19(21,22)23)10-27-18(25)14-8-13(11-26-16(14)9-24)28-4-6-29-7-5-28/h1-3,8-9,11,26H,4-7,10,24H2,(H2,25,27)/b16-9+. The first-order valence-electron chi connectivity index (χ1n) is 8.89. The molecule has 1 fully saturated rings. The summed E-state index contributed by atoms with van der Waals surface area (Å²) in [6.45, 7) is 2.25. The number of nitrogens with one attached hydrogen (secondary N) is 1. The van der Waals surface area contributed by atoms with E-state index in [0.717, 1.165) is 11.8 Å². The number of halogens is 4. The predicted octanol–water partition coefficient (Wildman–Crippen LogP) is 2.21. The first-order valence-corrected chi connectivity index (χ1v) is 8.89. The van der Waals surface area contributed by atoms with Crippen LogP contribution >= 0.6 is 0 Å². The summed E-state index contributed by atoms with van der Waals surface area (Å²) in [6, 6.07) is 3.07. The molecule has 0 spiro atoms. The zero-order chi connectivity index (χ0) is 21.0. The van der Waals surface area contributed by atoms with Crippen molar-refractivity contribution in [3.8, 4) is 0 Å². The van der Waals surface area contributed by atoms with E-state index < -0.39 is 17.6 Å². The third kappa shape index (κ3) is 4.70. The molecule has 0 aliphatic carbocycles. The van der Waals surface area contributed by atoms with Gasteiger partial charge in [0.15, 0.2) is 0 Å². The molecule has 1 saturated heterocycles. The number of nitrogens with two attached hydrogens (primary N) is 2. The molecular formula is C19H21F4N5O. The average molecular weight is 411 g/mol. The van der Waals surface area contributed by atoms with Crippen LogP contribution in [0.4, 0.5) is 17.6 Å². The fourth-order valence-electron chi connectivity index (χ4n) is 3.03. The van der Waals surface area contributed by atoms with Gasteiger partial charge in [0.2, 0.25) is 0 Å². The molecule has 3 rings (SSSR count). The van der Waals surface area contributed by atoms with Crippen molar-refractivity contribution in [2.24, 2.45) is 16.5 Å². The van der Waals surface area contributed by atoms with Gasteiger partial charge in [-0.15, -0.1) is 0 Å². The van der Waals surface area contributed by atoms with E-state index in [4.69, 9.17) is 16.2 Å². The summed E-state index contributed by atoms with van der Waals surface area (Å²) < 4.78 is 58.2. The maximum absolute atomic E-state index is 14.2. The molecule has 6 nitrogen and oxygen atoms in total. The number of amidine groups is 1. The van der Waals surface area contributed by atoms with Crippen LogP contribution in [0.25, 0.3) is 0 Å².